The van der Waals surface area contributed by atoms with Gasteiger partial charge >= 0.3 is 0 Å². The SMILES string of the molecule is CCOC1(C(=O)CCCC2CCCO2)CCC(C)CC1. The summed E-state index contributed by atoms with van der Waals surface area (Å²) in [5, 5.41) is 0. The molecule has 0 radical (unpaired) electrons. The minimum Gasteiger partial charge on any atom is -0.378 e. The number of Topliss-reactive ketones (excluding diaryl/α,β-unsaturated/α-hetero) is 1. The maximum absolute atomic E-state index is 12.6. The van der Waals surface area contributed by atoms with Gasteiger partial charge in [-0.15, -0.1) is 0 Å². The zero-order chi connectivity index (χ0) is 14.4. The lowest BCUT2D eigenvalue weighted by atomic mass is 9.76. The highest BCUT2D eigenvalue weighted by atomic mass is 16.5. The second-order valence-electron chi connectivity index (χ2n) is 6.56. The van der Waals surface area contributed by atoms with E-state index in [1.54, 1.807) is 0 Å². The Kier molecular flexibility index (Phi) is 6.03. The van der Waals surface area contributed by atoms with Crippen LogP contribution in [0.4, 0.5) is 0 Å². The number of ether oxygens (including phenoxy) is 2. The zero-order valence-electron chi connectivity index (χ0n) is 13.2. The van der Waals surface area contributed by atoms with Gasteiger partial charge in [0.1, 0.15) is 5.60 Å². The van der Waals surface area contributed by atoms with Crippen LogP contribution in [0.3, 0.4) is 0 Å². The molecule has 0 aromatic rings. The van der Waals surface area contributed by atoms with Gasteiger partial charge in [-0.3, -0.25) is 4.79 Å². The Labute approximate surface area is 123 Å². The van der Waals surface area contributed by atoms with Crippen molar-refractivity contribution in [3.05, 3.63) is 0 Å². The summed E-state index contributed by atoms with van der Waals surface area (Å²) in [4.78, 5) is 12.6. The van der Waals surface area contributed by atoms with Crippen LogP contribution in [0.2, 0.25) is 0 Å². The molecular weight excluding hydrogens is 252 g/mol. The molecule has 116 valence electrons. The molecule has 3 nitrogen and oxygen atoms in total. The van der Waals surface area contributed by atoms with E-state index < -0.39 is 5.60 Å². The number of ketones is 1. The van der Waals surface area contributed by atoms with Crippen molar-refractivity contribution in [2.24, 2.45) is 5.92 Å². The van der Waals surface area contributed by atoms with Gasteiger partial charge in [0, 0.05) is 19.6 Å². The van der Waals surface area contributed by atoms with Gasteiger partial charge in [-0.05, 0) is 64.2 Å². The van der Waals surface area contributed by atoms with Gasteiger partial charge in [-0.25, -0.2) is 0 Å². The lowest BCUT2D eigenvalue weighted by Gasteiger charge is -2.38. The predicted molar refractivity (Wildman–Crippen MR) is 79.8 cm³/mol. The van der Waals surface area contributed by atoms with Crippen molar-refractivity contribution in [1.29, 1.82) is 0 Å². The summed E-state index contributed by atoms with van der Waals surface area (Å²) in [6.07, 6.45) is 9.47. The monoisotopic (exact) mass is 282 g/mol. The Morgan fingerprint density at radius 3 is 2.65 bits per heavy atom. The topological polar surface area (TPSA) is 35.5 Å². The molecule has 0 spiro atoms. The van der Waals surface area contributed by atoms with Crippen molar-refractivity contribution in [3.8, 4) is 0 Å². The third kappa shape index (κ3) is 4.05. The molecule has 2 aliphatic rings. The normalized spacial score (nSPS) is 34.3. The number of carbonyl (C=O) groups is 1. The van der Waals surface area contributed by atoms with Crippen molar-refractivity contribution < 1.29 is 14.3 Å². The van der Waals surface area contributed by atoms with Gasteiger partial charge in [0.2, 0.25) is 0 Å². The molecule has 0 N–H and O–H groups in total. The summed E-state index contributed by atoms with van der Waals surface area (Å²) in [5.74, 6) is 1.08. The van der Waals surface area contributed by atoms with E-state index in [4.69, 9.17) is 9.47 Å². The minimum atomic E-state index is -0.461. The average Bonchev–Trinajstić information content (AvgIpc) is 2.95. The van der Waals surface area contributed by atoms with Gasteiger partial charge in [0.25, 0.3) is 0 Å². The standard InChI is InChI=1S/C17H30O3/c1-3-20-17(11-9-14(2)10-12-17)16(18)8-4-6-15-7-5-13-19-15/h14-15H,3-13H2,1-2H3. The summed E-state index contributed by atoms with van der Waals surface area (Å²) < 4.78 is 11.5. The van der Waals surface area contributed by atoms with E-state index in [2.05, 4.69) is 6.92 Å². The maximum Gasteiger partial charge on any atom is 0.164 e. The molecular formula is C17H30O3. The van der Waals surface area contributed by atoms with Crippen LogP contribution in [-0.4, -0.2) is 30.7 Å². The Morgan fingerprint density at radius 1 is 1.30 bits per heavy atom. The molecule has 1 aliphatic carbocycles. The highest BCUT2D eigenvalue weighted by Crippen LogP contribution is 2.36. The summed E-state index contributed by atoms with van der Waals surface area (Å²) in [6, 6.07) is 0. The number of rotatable bonds is 7. The Morgan fingerprint density at radius 2 is 2.05 bits per heavy atom. The molecule has 2 rings (SSSR count). The van der Waals surface area contributed by atoms with Crippen LogP contribution in [0.25, 0.3) is 0 Å². The predicted octanol–water partition coefficient (Wildman–Crippen LogP) is 3.89. The van der Waals surface area contributed by atoms with Crippen molar-refractivity contribution in [2.45, 2.75) is 83.3 Å². The fourth-order valence-electron chi connectivity index (χ4n) is 3.60. The highest BCUT2D eigenvalue weighted by molar-refractivity contribution is 5.87. The van der Waals surface area contributed by atoms with Gasteiger partial charge in [-0.2, -0.15) is 0 Å². The van der Waals surface area contributed by atoms with E-state index in [-0.39, 0.29) is 0 Å². The highest BCUT2D eigenvalue weighted by Gasteiger charge is 2.40. The van der Waals surface area contributed by atoms with E-state index >= 15 is 0 Å². The molecule has 20 heavy (non-hydrogen) atoms. The third-order valence-corrected chi connectivity index (χ3v) is 4.96. The molecule has 0 amide bonds. The fourth-order valence-corrected chi connectivity index (χ4v) is 3.60. The second-order valence-corrected chi connectivity index (χ2v) is 6.56. The largest absolute Gasteiger partial charge is 0.378 e. The van der Waals surface area contributed by atoms with E-state index in [0.29, 0.717) is 24.9 Å². The number of carbonyl (C=O) groups excluding carboxylic acids is 1. The third-order valence-electron chi connectivity index (χ3n) is 4.96. The van der Waals surface area contributed by atoms with E-state index in [1.807, 2.05) is 6.92 Å². The van der Waals surface area contributed by atoms with Crippen LogP contribution in [0, 0.1) is 5.92 Å². The van der Waals surface area contributed by atoms with Crippen LogP contribution in [0.5, 0.6) is 0 Å². The second kappa shape index (κ2) is 7.56. The van der Waals surface area contributed by atoms with Crippen molar-refractivity contribution >= 4 is 5.78 Å². The van der Waals surface area contributed by atoms with Crippen molar-refractivity contribution in [2.75, 3.05) is 13.2 Å². The molecule has 1 unspecified atom stereocenters. The van der Waals surface area contributed by atoms with Gasteiger partial charge in [0.15, 0.2) is 5.78 Å². The maximum atomic E-state index is 12.6. The fraction of sp³-hybridized carbons (Fsp3) is 0.941. The summed E-state index contributed by atoms with van der Waals surface area (Å²) in [7, 11) is 0. The molecule has 1 aliphatic heterocycles. The summed E-state index contributed by atoms with van der Waals surface area (Å²) in [5.41, 5.74) is -0.461. The molecule has 1 saturated carbocycles. The van der Waals surface area contributed by atoms with Crippen LogP contribution < -0.4 is 0 Å². The minimum absolute atomic E-state index is 0.337. The van der Waals surface area contributed by atoms with E-state index in [1.165, 1.54) is 12.8 Å². The molecule has 0 bridgehead atoms. The number of hydrogen-bond donors (Lipinski definition) is 0. The Balaban J connectivity index is 1.80. The van der Waals surface area contributed by atoms with Crippen LogP contribution in [-0.2, 0) is 14.3 Å². The van der Waals surface area contributed by atoms with E-state index in [9.17, 15) is 4.79 Å². The van der Waals surface area contributed by atoms with Gasteiger partial charge in [0.05, 0.1) is 6.10 Å². The van der Waals surface area contributed by atoms with Gasteiger partial charge < -0.3 is 9.47 Å². The Bertz CT molecular complexity index is 299. The van der Waals surface area contributed by atoms with E-state index in [0.717, 1.165) is 51.0 Å². The molecule has 1 heterocycles. The molecule has 3 heteroatoms. The average molecular weight is 282 g/mol. The van der Waals surface area contributed by atoms with Crippen molar-refractivity contribution in [3.63, 3.8) is 0 Å². The first-order valence-corrected chi connectivity index (χ1v) is 8.45. The summed E-state index contributed by atoms with van der Waals surface area (Å²) in [6.45, 7) is 5.82. The van der Waals surface area contributed by atoms with Crippen LogP contribution in [0.1, 0.15) is 71.6 Å². The van der Waals surface area contributed by atoms with Crippen LogP contribution in [0.15, 0.2) is 0 Å². The molecule has 2 fully saturated rings. The summed E-state index contributed by atoms with van der Waals surface area (Å²) >= 11 is 0. The first kappa shape index (κ1) is 16.0. The lowest BCUT2D eigenvalue weighted by Crippen LogP contribution is -2.44. The quantitative estimate of drug-likeness (QED) is 0.710. The molecule has 0 aromatic heterocycles. The first-order valence-electron chi connectivity index (χ1n) is 8.45. The first-order chi connectivity index (χ1) is 9.66. The molecule has 0 aromatic carbocycles. The van der Waals surface area contributed by atoms with Crippen molar-refractivity contribution in [1.82, 2.24) is 0 Å². The lowest BCUT2D eigenvalue weighted by molar-refractivity contribution is -0.150. The molecule has 1 saturated heterocycles. The van der Waals surface area contributed by atoms with Crippen LogP contribution >= 0.6 is 0 Å². The zero-order valence-corrected chi connectivity index (χ0v) is 13.2. The number of hydrogen-bond acceptors (Lipinski definition) is 3. The Hall–Kier alpha value is -0.410. The van der Waals surface area contributed by atoms with Gasteiger partial charge in [-0.1, -0.05) is 6.92 Å². The smallest absolute Gasteiger partial charge is 0.164 e. The molecule has 1 atom stereocenters.